The van der Waals surface area contributed by atoms with Crippen LogP contribution in [0.3, 0.4) is 0 Å². The van der Waals surface area contributed by atoms with Crippen molar-refractivity contribution in [2.75, 3.05) is 0 Å². The molecular weight excluding hydrogens is 286 g/mol. The number of amides is 2. The second kappa shape index (κ2) is 8.17. The zero-order valence-corrected chi connectivity index (χ0v) is 13.0. The molecule has 0 atom stereocenters. The normalized spacial score (nSPS) is 10.7. The molecule has 0 fully saturated rings. The van der Waals surface area contributed by atoms with Crippen molar-refractivity contribution in [3.05, 3.63) is 35.9 Å². The van der Waals surface area contributed by atoms with Gasteiger partial charge in [0.15, 0.2) is 0 Å². The Hall–Kier alpha value is -2.37. The molecule has 120 valence electrons. The first-order chi connectivity index (χ1) is 10.3. The van der Waals surface area contributed by atoms with Gasteiger partial charge in [-0.2, -0.15) is 0 Å². The SMILES string of the molecule is CC(C)(C)OC(=O)CCC(=O)NC(=O)OCc1ccccc1. The Morgan fingerprint density at radius 2 is 1.68 bits per heavy atom. The third kappa shape index (κ3) is 8.04. The number of hydrogen-bond donors (Lipinski definition) is 1. The third-order valence-corrected chi connectivity index (χ3v) is 2.43. The maximum atomic E-state index is 11.5. The molecule has 0 aliphatic heterocycles. The maximum Gasteiger partial charge on any atom is 0.414 e. The standard InChI is InChI=1S/C16H21NO5/c1-16(2,3)22-14(19)10-9-13(18)17-15(20)21-11-12-7-5-4-6-8-12/h4-8H,9-11H2,1-3H3,(H,17,18,20). The van der Waals surface area contributed by atoms with Crippen molar-refractivity contribution < 1.29 is 23.9 Å². The first-order valence-corrected chi connectivity index (χ1v) is 6.98. The summed E-state index contributed by atoms with van der Waals surface area (Å²) < 4.78 is 9.96. The number of alkyl carbamates (subject to hydrolysis) is 1. The van der Waals surface area contributed by atoms with E-state index in [1.54, 1.807) is 32.9 Å². The first-order valence-electron chi connectivity index (χ1n) is 6.98. The zero-order chi connectivity index (χ0) is 16.6. The minimum atomic E-state index is -0.835. The first kappa shape index (κ1) is 17.7. The van der Waals surface area contributed by atoms with E-state index >= 15 is 0 Å². The molecule has 0 saturated carbocycles. The van der Waals surface area contributed by atoms with Crippen LogP contribution < -0.4 is 5.32 Å². The Balaban J connectivity index is 2.24. The van der Waals surface area contributed by atoms with E-state index in [9.17, 15) is 14.4 Å². The van der Waals surface area contributed by atoms with Gasteiger partial charge in [0, 0.05) is 6.42 Å². The average Bonchev–Trinajstić information content (AvgIpc) is 2.42. The van der Waals surface area contributed by atoms with E-state index in [0.717, 1.165) is 5.56 Å². The van der Waals surface area contributed by atoms with Gasteiger partial charge in [-0.1, -0.05) is 30.3 Å². The Labute approximate surface area is 129 Å². The number of carbonyl (C=O) groups excluding carboxylic acids is 3. The molecule has 0 heterocycles. The lowest BCUT2D eigenvalue weighted by atomic mass is 10.2. The van der Waals surface area contributed by atoms with Crippen LogP contribution >= 0.6 is 0 Å². The molecule has 0 saturated heterocycles. The van der Waals surface area contributed by atoms with Gasteiger partial charge in [-0.25, -0.2) is 4.79 Å². The number of hydrogen-bond acceptors (Lipinski definition) is 5. The lowest BCUT2D eigenvalue weighted by Gasteiger charge is -2.19. The molecule has 1 rings (SSSR count). The molecule has 0 bridgehead atoms. The van der Waals surface area contributed by atoms with Crippen LogP contribution in [0.15, 0.2) is 30.3 Å². The van der Waals surface area contributed by atoms with Gasteiger partial charge in [0.1, 0.15) is 12.2 Å². The van der Waals surface area contributed by atoms with Crippen molar-refractivity contribution in [1.82, 2.24) is 5.32 Å². The number of ether oxygens (including phenoxy) is 2. The van der Waals surface area contributed by atoms with Gasteiger partial charge in [-0.3, -0.25) is 14.9 Å². The van der Waals surface area contributed by atoms with Crippen molar-refractivity contribution in [2.45, 2.75) is 45.8 Å². The summed E-state index contributed by atoms with van der Waals surface area (Å²) in [6.07, 6.45) is -1.05. The van der Waals surface area contributed by atoms with Crippen molar-refractivity contribution in [3.8, 4) is 0 Å². The average molecular weight is 307 g/mol. The molecule has 6 nitrogen and oxygen atoms in total. The van der Waals surface area contributed by atoms with Crippen LogP contribution in [-0.4, -0.2) is 23.6 Å². The molecule has 0 aliphatic carbocycles. The van der Waals surface area contributed by atoms with E-state index in [1.807, 2.05) is 18.2 Å². The van der Waals surface area contributed by atoms with Gasteiger partial charge in [-0.05, 0) is 26.3 Å². The number of rotatable bonds is 5. The molecular formula is C16H21NO5. The number of esters is 1. The quantitative estimate of drug-likeness (QED) is 0.845. The van der Waals surface area contributed by atoms with Gasteiger partial charge >= 0.3 is 12.1 Å². The molecule has 1 aromatic rings. The lowest BCUT2D eigenvalue weighted by Crippen LogP contribution is -2.32. The molecule has 1 N–H and O–H groups in total. The Morgan fingerprint density at radius 1 is 1.05 bits per heavy atom. The summed E-state index contributed by atoms with van der Waals surface area (Å²) >= 11 is 0. The predicted octanol–water partition coefficient (Wildman–Crippen LogP) is 2.56. The van der Waals surface area contributed by atoms with E-state index in [0.29, 0.717) is 0 Å². The lowest BCUT2D eigenvalue weighted by molar-refractivity contribution is -0.155. The molecule has 2 amide bonds. The molecule has 1 aromatic carbocycles. The monoisotopic (exact) mass is 307 g/mol. The summed E-state index contributed by atoms with van der Waals surface area (Å²) in [6.45, 7) is 5.30. The van der Waals surface area contributed by atoms with Crippen molar-refractivity contribution in [1.29, 1.82) is 0 Å². The summed E-state index contributed by atoms with van der Waals surface area (Å²) in [6, 6.07) is 9.10. The highest BCUT2D eigenvalue weighted by Crippen LogP contribution is 2.09. The van der Waals surface area contributed by atoms with E-state index in [1.165, 1.54) is 0 Å². The highest BCUT2D eigenvalue weighted by atomic mass is 16.6. The summed E-state index contributed by atoms with van der Waals surface area (Å²) in [5.41, 5.74) is 0.223. The van der Waals surface area contributed by atoms with Gasteiger partial charge in [0.25, 0.3) is 0 Å². The smallest absolute Gasteiger partial charge is 0.414 e. The van der Waals surface area contributed by atoms with Gasteiger partial charge in [0.05, 0.1) is 6.42 Å². The van der Waals surface area contributed by atoms with Crippen LogP contribution in [0, 0.1) is 0 Å². The van der Waals surface area contributed by atoms with E-state index in [4.69, 9.17) is 9.47 Å². The number of nitrogens with one attached hydrogen (secondary N) is 1. The minimum absolute atomic E-state index is 0.0754. The van der Waals surface area contributed by atoms with Crippen LogP contribution in [-0.2, 0) is 25.7 Å². The summed E-state index contributed by atoms with van der Waals surface area (Å²) in [5, 5.41) is 2.06. The Morgan fingerprint density at radius 3 is 2.27 bits per heavy atom. The number of benzene rings is 1. The van der Waals surface area contributed by atoms with E-state index in [2.05, 4.69) is 5.32 Å². The van der Waals surface area contributed by atoms with Gasteiger partial charge in [0.2, 0.25) is 5.91 Å². The summed E-state index contributed by atoms with van der Waals surface area (Å²) in [5.74, 6) is -1.07. The van der Waals surface area contributed by atoms with Crippen LogP contribution in [0.4, 0.5) is 4.79 Å². The fourth-order valence-corrected chi connectivity index (χ4v) is 1.54. The van der Waals surface area contributed by atoms with Crippen LogP contribution in [0.5, 0.6) is 0 Å². The van der Waals surface area contributed by atoms with Gasteiger partial charge in [-0.15, -0.1) is 0 Å². The Kier molecular flexibility index (Phi) is 6.56. The van der Waals surface area contributed by atoms with Crippen molar-refractivity contribution >= 4 is 18.0 Å². The van der Waals surface area contributed by atoms with Crippen LogP contribution in [0.2, 0.25) is 0 Å². The molecule has 6 heteroatoms. The van der Waals surface area contributed by atoms with Crippen molar-refractivity contribution in [3.63, 3.8) is 0 Å². The largest absolute Gasteiger partial charge is 0.460 e. The molecule has 0 unspecified atom stereocenters. The van der Waals surface area contributed by atoms with Crippen LogP contribution in [0.25, 0.3) is 0 Å². The minimum Gasteiger partial charge on any atom is -0.460 e. The molecule has 22 heavy (non-hydrogen) atoms. The highest BCUT2D eigenvalue weighted by Gasteiger charge is 2.18. The molecule has 0 aromatic heterocycles. The summed E-state index contributed by atoms with van der Waals surface area (Å²) in [7, 11) is 0. The van der Waals surface area contributed by atoms with Crippen molar-refractivity contribution in [2.24, 2.45) is 0 Å². The topological polar surface area (TPSA) is 81.7 Å². The fraction of sp³-hybridized carbons (Fsp3) is 0.438. The molecule has 0 spiro atoms. The second-order valence-corrected chi connectivity index (χ2v) is 5.70. The Bertz CT molecular complexity index is 519. The molecule has 0 radical (unpaired) electrons. The predicted molar refractivity (Wildman–Crippen MR) is 79.8 cm³/mol. The van der Waals surface area contributed by atoms with E-state index < -0.39 is 23.6 Å². The van der Waals surface area contributed by atoms with Crippen LogP contribution in [0.1, 0.15) is 39.2 Å². The second-order valence-electron chi connectivity index (χ2n) is 5.70. The third-order valence-electron chi connectivity index (χ3n) is 2.43. The number of imide groups is 1. The fourth-order valence-electron chi connectivity index (χ4n) is 1.54. The highest BCUT2D eigenvalue weighted by molar-refractivity contribution is 5.93. The molecule has 0 aliphatic rings. The maximum absolute atomic E-state index is 11.5. The van der Waals surface area contributed by atoms with E-state index in [-0.39, 0.29) is 19.4 Å². The number of carbonyl (C=O) groups is 3. The van der Waals surface area contributed by atoms with Gasteiger partial charge < -0.3 is 9.47 Å². The zero-order valence-electron chi connectivity index (χ0n) is 13.0. The summed E-state index contributed by atoms with van der Waals surface area (Å²) in [4.78, 5) is 34.4.